The Morgan fingerprint density at radius 3 is 2.66 bits per heavy atom. The maximum Gasteiger partial charge on any atom is 0.241 e. The first kappa shape index (κ1) is 21.4. The summed E-state index contributed by atoms with van der Waals surface area (Å²) in [6.45, 7) is 5.52. The van der Waals surface area contributed by atoms with E-state index in [1.165, 1.54) is 17.3 Å². The van der Waals surface area contributed by atoms with Crippen molar-refractivity contribution in [3.8, 4) is 0 Å². The summed E-state index contributed by atoms with van der Waals surface area (Å²) in [4.78, 5) is 28.9. The van der Waals surface area contributed by atoms with Gasteiger partial charge < -0.3 is 15.0 Å². The Kier molecular flexibility index (Phi) is 7.34. The summed E-state index contributed by atoms with van der Waals surface area (Å²) in [7, 11) is 1.64. The van der Waals surface area contributed by atoms with Crippen LogP contribution in [0, 0.1) is 12.8 Å². The second-order valence-electron chi connectivity index (χ2n) is 7.34. The Morgan fingerprint density at radius 2 is 1.93 bits per heavy atom. The van der Waals surface area contributed by atoms with Crippen LogP contribution in [0.4, 0.5) is 5.69 Å². The number of nitrogens with one attached hydrogen (secondary N) is 1. The summed E-state index contributed by atoms with van der Waals surface area (Å²) >= 11 is 1.49. The van der Waals surface area contributed by atoms with Crippen molar-refractivity contribution in [2.45, 2.75) is 37.0 Å². The van der Waals surface area contributed by atoms with Gasteiger partial charge in [0.2, 0.25) is 11.8 Å². The molecule has 29 heavy (non-hydrogen) atoms. The molecule has 0 saturated carbocycles. The van der Waals surface area contributed by atoms with Gasteiger partial charge in [0.05, 0.1) is 18.2 Å². The number of hydrogen-bond donors (Lipinski definition) is 1. The molecule has 3 rings (SSSR count). The largest absolute Gasteiger partial charge is 0.385 e. The van der Waals surface area contributed by atoms with Crippen molar-refractivity contribution in [1.82, 2.24) is 5.32 Å². The number of thioether (sulfide) groups is 1. The van der Waals surface area contributed by atoms with Gasteiger partial charge in [-0.25, -0.2) is 0 Å². The first-order valence-corrected chi connectivity index (χ1v) is 10.8. The van der Waals surface area contributed by atoms with Crippen molar-refractivity contribution in [3.63, 3.8) is 0 Å². The Balaban J connectivity index is 1.79. The minimum absolute atomic E-state index is 0.0196. The molecular weight excluding hydrogens is 384 g/mol. The summed E-state index contributed by atoms with van der Waals surface area (Å²) in [6, 6.07) is 16.1. The van der Waals surface area contributed by atoms with Crippen molar-refractivity contribution in [2.75, 3.05) is 25.2 Å². The molecule has 0 unspecified atom stereocenters. The summed E-state index contributed by atoms with van der Waals surface area (Å²) in [5, 5.41) is 2.48. The molecule has 2 aromatic rings. The third kappa shape index (κ3) is 5.19. The summed E-state index contributed by atoms with van der Waals surface area (Å²) in [5.41, 5.74) is 3.17. The average molecular weight is 413 g/mol. The van der Waals surface area contributed by atoms with Gasteiger partial charge in [0, 0.05) is 25.2 Å². The SMILES string of the molecule is COCCCNC(=O)[C@H](C)[C@H]1Sc2ccccc2N(Cc2ccc(C)cc2)C1=O. The number of rotatable bonds is 8. The van der Waals surface area contributed by atoms with Crippen molar-refractivity contribution >= 4 is 29.3 Å². The standard InChI is InChI=1S/C23H28N2O3S/c1-16-9-11-18(12-10-16)15-25-19-7-4-5-8-20(19)29-21(23(25)27)17(2)22(26)24-13-6-14-28-3/h4-5,7-12,17,21H,6,13-15H2,1-3H3,(H,24,26)/t17-,21-/m1/s1. The lowest BCUT2D eigenvalue weighted by Gasteiger charge is -2.35. The van der Waals surface area contributed by atoms with E-state index in [1.807, 2.05) is 55.1 Å². The summed E-state index contributed by atoms with van der Waals surface area (Å²) < 4.78 is 5.02. The van der Waals surface area contributed by atoms with Crippen LogP contribution in [0.5, 0.6) is 0 Å². The normalized spacial score (nSPS) is 17.0. The van der Waals surface area contributed by atoms with E-state index in [0.717, 1.165) is 22.6 Å². The summed E-state index contributed by atoms with van der Waals surface area (Å²) in [6.07, 6.45) is 0.753. The smallest absolute Gasteiger partial charge is 0.241 e. The van der Waals surface area contributed by atoms with E-state index in [0.29, 0.717) is 19.7 Å². The number of carbonyl (C=O) groups is 2. The van der Waals surface area contributed by atoms with Crippen molar-refractivity contribution in [2.24, 2.45) is 5.92 Å². The minimum atomic E-state index is -0.447. The maximum atomic E-state index is 13.4. The number of hydrogen-bond acceptors (Lipinski definition) is 4. The van der Waals surface area contributed by atoms with E-state index in [1.54, 1.807) is 7.11 Å². The van der Waals surface area contributed by atoms with Gasteiger partial charge in [-0.2, -0.15) is 0 Å². The highest BCUT2D eigenvalue weighted by Gasteiger charge is 2.39. The topological polar surface area (TPSA) is 58.6 Å². The van der Waals surface area contributed by atoms with E-state index in [4.69, 9.17) is 4.74 Å². The molecule has 1 N–H and O–H groups in total. The fourth-order valence-electron chi connectivity index (χ4n) is 3.32. The highest BCUT2D eigenvalue weighted by atomic mass is 32.2. The molecule has 6 heteroatoms. The van der Waals surface area contributed by atoms with E-state index in [9.17, 15) is 9.59 Å². The molecule has 0 radical (unpaired) electrons. The van der Waals surface area contributed by atoms with Crippen LogP contribution in [0.2, 0.25) is 0 Å². The van der Waals surface area contributed by atoms with E-state index < -0.39 is 11.2 Å². The molecule has 2 atom stereocenters. The molecule has 0 saturated heterocycles. The highest BCUT2D eigenvalue weighted by Crippen LogP contribution is 2.42. The highest BCUT2D eigenvalue weighted by molar-refractivity contribution is 8.01. The van der Waals surface area contributed by atoms with Gasteiger partial charge in [0.15, 0.2) is 0 Å². The molecule has 1 aliphatic heterocycles. The quantitative estimate of drug-likeness (QED) is 0.670. The van der Waals surface area contributed by atoms with Gasteiger partial charge in [-0.1, -0.05) is 48.9 Å². The van der Waals surface area contributed by atoms with Crippen molar-refractivity contribution in [1.29, 1.82) is 0 Å². The molecular formula is C23H28N2O3S. The van der Waals surface area contributed by atoms with Crippen LogP contribution in [-0.2, 0) is 20.9 Å². The zero-order chi connectivity index (χ0) is 20.8. The number of nitrogens with zero attached hydrogens (tertiary/aromatic N) is 1. The lowest BCUT2D eigenvalue weighted by atomic mass is 10.0. The predicted molar refractivity (Wildman–Crippen MR) is 117 cm³/mol. The lowest BCUT2D eigenvalue weighted by Crippen LogP contribution is -2.47. The number of amides is 2. The first-order chi connectivity index (χ1) is 14.0. The van der Waals surface area contributed by atoms with Crippen molar-refractivity contribution in [3.05, 3.63) is 59.7 Å². The number of para-hydroxylation sites is 1. The van der Waals surface area contributed by atoms with E-state index in [-0.39, 0.29) is 11.8 Å². The molecule has 1 heterocycles. The average Bonchev–Trinajstić information content (AvgIpc) is 2.73. The van der Waals surface area contributed by atoms with Gasteiger partial charge in [-0.15, -0.1) is 11.8 Å². The second-order valence-corrected chi connectivity index (χ2v) is 8.53. The summed E-state index contributed by atoms with van der Waals surface area (Å²) in [5.74, 6) is -0.542. The van der Waals surface area contributed by atoms with Gasteiger partial charge >= 0.3 is 0 Å². The van der Waals surface area contributed by atoms with Crippen LogP contribution >= 0.6 is 11.8 Å². The number of carbonyl (C=O) groups excluding carboxylic acids is 2. The third-order valence-corrected chi connectivity index (χ3v) is 6.54. The Hall–Kier alpha value is -2.31. The lowest BCUT2D eigenvalue weighted by molar-refractivity contribution is -0.128. The molecule has 0 aliphatic carbocycles. The Bertz CT molecular complexity index is 853. The van der Waals surface area contributed by atoms with Crippen LogP contribution in [0.3, 0.4) is 0 Å². The number of aryl methyl sites for hydroxylation is 1. The second kappa shape index (κ2) is 9.94. The molecule has 5 nitrogen and oxygen atoms in total. The Morgan fingerprint density at radius 1 is 1.21 bits per heavy atom. The van der Waals surface area contributed by atoms with E-state index in [2.05, 4.69) is 17.4 Å². The molecule has 2 amide bonds. The van der Waals surface area contributed by atoms with Crippen LogP contribution in [0.1, 0.15) is 24.5 Å². The fraction of sp³-hybridized carbons (Fsp3) is 0.391. The number of anilines is 1. The molecule has 0 fully saturated rings. The van der Waals surface area contributed by atoms with Crippen LogP contribution in [0.25, 0.3) is 0 Å². The van der Waals surface area contributed by atoms with Gasteiger partial charge in [-0.3, -0.25) is 9.59 Å². The predicted octanol–water partition coefficient (Wildman–Crippen LogP) is 3.79. The number of ether oxygens (including phenoxy) is 1. The zero-order valence-corrected chi connectivity index (χ0v) is 18.0. The maximum absolute atomic E-state index is 13.4. The molecule has 0 aromatic heterocycles. The monoisotopic (exact) mass is 412 g/mol. The third-order valence-electron chi connectivity index (χ3n) is 5.07. The first-order valence-electron chi connectivity index (χ1n) is 9.90. The molecule has 0 bridgehead atoms. The fourth-order valence-corrected chi connectivity index (χ4v) is 4.61. The number of methoxy groups -OCH3 is 1. The number of benzene rings is 2. The van der Waals surface area contributed by atoms with Crippen LogP contribution in [0.15, 0.2) is 53.4 Å². The van der Waals surface area contributed by atoms with Gasteiger partial charge in [0.1, 0.15) is 5.25 Å². The molecule has 2 aromatic carbocycles. The van der Waals surface area contributed by atoms with E-state index >= 15 is 0 Å². The molecule has 1 aliphatic rings. The molecule has 154 valence electrons. The number of fused-ring (bicyclic) bond motifs is 1. The van der Waals surface area contributed by atoms with Gasteiger partial charge in [-0.05, 0) is 31.0 Å². The van der Waals surface area contributed by atoms with Crippen molar-refractivity contribution < 1.29 is 14.3 Å². The van der Waals surface area contributed by atoms with Gasteiger partial charge in [0.25, 0.3) is 0 Å². The molecule has 0 spiro atoms. The van der Waals surface area contributed by atoms with Crippen LogP contribution < -0.4 is 10.2 Å². The van der Waals surface area contributed by atoms with Crippen LogP contribution in [-0.4, -0.2) is 37.3 Å². The minimum Gasteiger partial charge on any atom is -0.385 e. The zero-order valence-electron chi connectivity index (χ0n) is 17.2. The Labute approximate surface area is 176 Å².